The van der Waals surface area contributed by atoms with Gasteiger partial charge in [0, 0.05) is 6.61 Å². The van der Waals surface area contributed by atoms with E-state index in [9.17, 15) is 4.39 Å². The van der Waals surface area contributed by atoms with E-state index in [1.165, 1.54) is 90.4 Å². The van der Waals surface area contributed by atoms with Crippen LogP contribution in [0, 0.1) is 0 Å². The van der Waals surface area contributed by atoms with Crippen LogP contribution in [0.1, 0.15) is 104 Å². The lowest BCUT2D eigenvalue weighted by Gasteiger charge is -2.16. The Bertz CT molecular complexity index is 232. The Morgan fingerprint density at radius 1 is 0.739 bits per heavy atom. The Hall–Kier alpha value is -0.150. The van der Waals surface area contributed by atoms with Crippen molar-refractivity contribution < 1.29 is 14.2 Å². The van der Waals surface area contributed by atoms with Gasteiger partial charge in [0.05, 0.1) is 13.2 Å². The highest BCUT2D eigenvalue weighted by molar-refractivity contribution is 4.70. The molecule has 1 unspecified atom stereocenters. The monoisotopic (exact) mass is 332 g/mol. The van der Waals surface area contributed by atoms with Gasteiger partial charge in [-0.2, -0.15) is 0 Å². The van der Waals surface area contributed by atoms with E-state index in [4.69, 9.17) is 9.84 Å². The molecule has 0 amide bonds. The first kappa shape index (κ1) is 22.9. The van der Waals surface area contributed by atoms with E-state index >= 15 is 0 Å². The molecule has 0 heterocycles. The molecule has 0 spiro atoms. The predicted octanol–water partition coefficient (Wildman–Crippen LogP) is 6.20. The summed E-state index contributed by atoms with van der Waals surface area (Å²) in [5, 5.41) is 8.76. The molecule has 0 aromatic heterocycles. The lowest BCUT2D eigenvalue weighted by molar-refractivity contribution is -0.00941. The third kappa shape index (κ3) is 18.0. The number of hydrogen-bond acceptors (Lipinski definition) is 2. The number of alkyl halides is 1. The second kappa shape index (κ2) is 16.7. The molecule has 0 radical (unpaired) electrons. The van der Waals surface area contributed by atoms with E-state index in [0.717, 1.165) is 6.42 Å². The summed E-state index contributed by atoms with van der Waals surface area (Å²) in [6.07, 6.45) is 18.7. The highest BCUT2D eigenvalue weighted by atomic mass is 19.1. The largest absolute Gasteiger partial charge is 0.393 e. The van der Waals surface area contributed by atoms with E-state index < -0.39 is 12.3 Å². The number of ether oxygens (including phenoxy) is 1. The van der Waals surface area contributed by atoms with E-state index in [1.54, 1.807) is 0 Å². The second-order valence-electron chi connectivity index (χ2n) is 7.22. The number of unbranched alkanes of at least 4 members (excludes halogenated alkanes) is 13. The van der Waals surface area contributed by atoms with Crippen molar-refractivity contribution in [2.75, 3.05) is 19.8 Å². The van der Waals surface area contributed by atoms with Crippen LogP contribution in [0.2, 0.25) is 0 Å². The quantitative estimate of drug-likeness (QED) is 0.303. The van der Waals surface area contributed by atoms with E-state index in [2.05, 4.69) is 6.92 Å². The molecule has 0 fully saturated rings. The van der Waals surface area contributed by atoms with Crippen molar-refractivity contribution in [1.29, 1.82) is 0 Å². The number of rotatable bonds is 18. The third-order valence-electron chi connectivity index (χ3n) is 4.37. The van der Waals surface area contributed by atoms with Crippen molar-refractivity contribution in [1.82, 2.24) is 0 Å². The Labute approximate surface area is 144 Å². The SMILES string of the molecule is CCCCCCCCCCCCCCCCOCC(C)(F)CO. The molecule has 0 aliphatic carbocycles. The summed E-state index contributed by atoms with van der Waals surface area (Å²) >= 11 is 0. The molecule has 1 N–H and O–H groups in total. The third-order valence-corrected chi connectivity index (χ3v) is 4.37. The first-order valence-electron chi connectivity index (χ1n) is 10.00. The molecule has 1 atom stereocenters. The predicted molar refractivity (Wildman–Crippen MR) is 97.7 cm³/mol. The Morgan fingerprint density at radius 3 is 1.52 bits per heavy atom. The molecule has 2 nitrogen and oxygen atoms in total. The van der Waals surface area contributed by atoms with Crippen molar-refractivity contribution in [2.24, 2.45) is 0 Å². The summed E-state index contributed by atoms with van der Waals surface area (Å²) in [5.74, 6) is 0. The fraction of sp³-hybridized carbons (Fsp3) is 1.00. The Kier molecular flexibility index (Phi) is 16.6. The molecular formula is C20H41FO2. The molecule has 0 aliphatic rings. The van der Waals surface area contributed by atoms with Gasteiger partial charge in [-0.25, -0.2) is 4.39 Å². The van der Waals surface area contributed by atoms with Gasteiger partial charge in [-0.05, 0) is 13.3 Å². The summed E-state index contributed by atoms with van der Waals surface area (Å²) in [4.78, 5) is 0. The molecule has 0 saturated heterocycles. The molecule has 0 saturated carbocycles. The first-order chi connectivity index (χ1) is 11.1. The zero-order valence-electron chi connectivity index (χ0n) is 15.8. The maximum atomic E-state index is 13.3. The van der Waals surface area contributed by atoms with Gasteiger partial charge < -0.3 is 9.84 Å². The zero-order chi connectivity index (χ0) is 17.2. The van der Waals surface area contributed by atoms with Crippen molar-refractivity contribution in [2.45, 2.75) is 109 Å². The summed E-state index contributed by atoms with van der Waals surface area (Å²) in [7, 11) is 0. The molecule has 0 bridgehead atoms. The molecule has 3 heteroatoms. The van der Waals surface area contributed by atoms with Crippen molar-refractivity contribution in [3.05, 3.63) is 0 Å². The van der Waals surface area contributed by atoms with Crippen LogP contribution in [0.3, 0.4) is 0 Å². The van der Waals surface area contributed by atoms with Gasteiger partial charge in [0.2, 0.25) is 0 Å². The molecular weight excluding hydrogens is 291 g/mol. The van der Waals surface area contributed by atoms with E-state index in [-0.39, 0.29) is 6.61 Å². The second-order valence-corrected chi connectivity index (χ2v) is 7.22. The minimum atomic E-state index is -1.59. The fourth-order valence-electron chi connectivity index (χ4n) is 2.73. The highest BCUT2D eigenvalue weighted by Gasteiger charge is 2.21. The fourth-order valence-corrected chi connectivity index (χ4v) is 2.73. The van der Waals surface area contributed by atoms with Gasteiger partial charge >= 0.3 is 0 Å². The van der Waals surface area contributed by atoms with Gasteiger partial charge in [-0.15, -0.1) is 0 Å². The molecule has 0 aliphatic heterocycles. The van der Waals surface area contributed by atoms with Crippen molar-refractivity contribution in [3.8, 4) is 0 Å². The normalized spacial score (nSPS) is 14.1. The van der Waals surface area contributed by atoms with Crippen LogP contribution in [0.15, 0.2) is 0 Å². The first-order valence-corrected chi connectivity index (χ1v) is 10.00. The van der Waals surface area contributed by atoms with Crippen LogP contribution < -0.4 is 0 Å². The molecule has 140 valence electrons. The number of aliphatic hydroxyl groups excluding tert-OH is 1. The topological polar surface area (TPSA) is 29.5 Å². The average Bonchev–Trinajstić information content (AvgIpc) is 2.54. The van der Waals surface area contributed by atoms with Crippen LogP contribution in [0.25, 0.3) is 0 Å². The van der Waals surface area contributed by atoms with Crippen molar-refractivity contribution >= 4 is 0 Å². The lowest BCUT2D eigenvalue weighted by Crippen LogP contribution is -2.29. The van der Waals surface area contributed by atoms with Crippen LogP contribution >= 0.6 is 0 Å². The zero-order valence-corrected chi connectivity index (χ0v) is 15.8. The van der Waals surface area contributed by atoms with Crippen LogP contribution in [0.5, 0.6) is 0 Å². The Morgan fingerprint density at radius 2 is 1.13 bits per heavy atom. The number of hydrogen-bond donors (Lipinski definition) is 1. The minimum absolute atomic E-state index is 0.00193. The average molecular weight is 333 g/mol. The Balaban J connectivity index is 3.05. The van der Waals surface area contributed by atoms with Gasteiger partial charge in [0.1, 0.15) is 0 Å². The van der Waals surface area contributed by atoms with Crippen molar-refractivity contribution in [3.63, 3.8) is 0 Å². The van der Waals surface area contributed by atoms with E-state index in [0.29, 0.717) is 6.61 Å². The highest BCUT2D eigenvalue weighted by Crippen LogP contribution is 2.13. The van der Waals surface area contributed by atoms with Gasteiger partial charge in [0.15, 0.2) is 5.67 Å². The van der Waals surface area contributed by atoms with Gasteiger partial charge in [0.25, 0.3) is 0 Å². The smallest absolute Gasteiger partial charge is 0.154 e. The van der Waals surface area contributed by atoms with Crippen LogP contribution in [-0.2, 0) is 4.74 Å². The minimum Gasteiger partial charge on any atom is -0.393 e. The van der Waals surface area contributed by atoms with Crippen LogP contribution in [-0.4, -0.2) is 30.6 Å². The maximum Gasteiger partial charge on any atom is 0.154 e. The van der Waals surface area contributed by atoms with Gasteiger partial charge in [-0.3, -0.25) is 0 Å². The summed E-state index contributed by atoms with van der Waals surface area (Å²) in [5.41, 5.74) is -1.59. The number of aliphatic hydroxyl groups is 1. The molecule has 0 aromatic rings. The lowest BCUT2D eigenvalue weighted by atomic mass is 10.0. The van der Waals surface area contributed by atoms with Gasteiger partial charge in [-0.1, -0.05) is 90.4 Å². The molecule has 0 aromatic carbocycles. The summed E-state index contributed by atoms with van der Waals surface area (Å²) in [6, 6.07) is 0. The number of halogens is 1. The maximum absolute atomic E-state index is 13.3. The summed E-state index contributed by atoms with van der Waals surface area (Å²) in [6.45, 7) is 3.79. The summed E-state index contributed by atoms with van der Waals surface area (Å²) < 4.78 is 18.6. The standard InChI is InChI=1S/C20H41FO2/c1-3-4-5-6-7-8-9-10-11-12-13-14-15-16-17-23-19-20(2,21)18-22/h22H,3-19H2,1-2H3. The molecule has 23 heavy (non-hydrogen) atoms. The molecule has 0 rings (SSSR count). The van der Waals surface area contributed by atoms with E-state index in [1.807, 2.05) is 0 Å². The van der Waals surface area contributed by atoms with Crippen LogP contribution in [0.4, 0.5) is 4.39 Å².